The monoisotopic (exact) mass is 371 g/mol. The molecule has 3 heteroatoms. The predicted octanol–water partition coefficient (Wildman–Crippen LogP) is 4.12. The van der Waals surface area contributed by atoms with Crippen LogP contribution in [0.3, 0.4) is 0 Å². The fourth-order valence-electron chi connectivity index (χ4n) is 4.14. The average Bonchev–Trinajstić information content (AvgIpc) is 3.13. The minimum Gasteiger partial charge on any atom is -0.376 e. The molecule has 0 fully saturated rings. The van der Waals surface area contributed by atoms with Gasteiger partial charge in [0.25, 0.3) is 0 Å². The van der Waals surface area contributed by atoms with Gasteiger partial charge in [0.1, 0.15) is 0 Å². The summed E-state index contributed by atoms with van der Waals surface area (Å²) in [6.07, 6.45) is 1.64. The fraction of sp³-hybridized carbons (Fsp3) is 0.240. The maximum Gasteiger partial charge on any atom is 0.232 e. The highest BCUT2D eigenvalue weighted by Crippen LogP contribution is 2.32. The van der Waals surface area contributed by atoms with Gasteiger partial charge in [-0.1, -0.05) is 84.9 Å². The van der Waals surface area contributed by atoms with Crippen LogP contribution in [-0.4, -0.2) is 25.2 Å². The first-order valence-electron chi connectivity index (χ1n) is 9.70. The third-order valence-corrected chi connectivity index (χ3v) is 5.69. The van der Waals surface area contributed by atoms with Crippen LogP contribution in [0.2, 0.25) is 0 Å². The van der Waals surface area contributed by atoms with Crippen molar-refractivity contribution in [3.05, 3.63) is 107 Å². The Labute approximate surface area is 166 Å². The Hall–Kier alpha value is -2.91. The number of benzene rings is 3. The lowest BCUT2D eigenvalue weighted by Gasteiger charge is -2.29. The van der Waals surface area contributed by atoms with Crippen LogP contribution < -0.4 is 5.32 Å². The largest absolute Gasteiger partial charge is 0.376 e. The number of amides is 1. The van der Waals surface area contributed by atoms with Crippen molar-refractivity contribution in [3.63, 3.8) is 0 Å². The molecule has 28 heavy (non-hydrogen) atoms. The molecule has 142 valence electrons. The Morgan fingerprint density at radius 1 is 0.857 bits per heavy atom. The molecule has 0 radical (unpaired) electrons. The summed E-state index contributed by atoms with van der Waals surface area (Å²) in [4.78, 5) is 13.3. The summed E-state index contributed by atoms with van der Waals surface area (Å²) in [5, 5.41) is 3.18. The summed E-state index contributed by atoms with van der Waals surface area (Å²) < 4.78 is 5.91. The molecule has 0 saturated carbocycles. The number of carbonyl (C=O) groups excluding carboxylic acids is 1. The van der Waals surface area contributed by atoms with Crippen molar-refractivity contribution in [1.29, 1.82) is 0 Å². The van der Waals surface area contributed by atoms with Gasteiger partial charge >= 0.3 is 0 Å². The van der Waals surface area contributed by atoms with E-state index < -0.39 is 0 Å². The number of hydrogen-bond donors (Lipinski definition) is 1. The summed E-state index contributed by atoms with van der Waals surface area (Å²) >= 11 is 0. The van der Waals surface area contributed by atoms with Gasteiger partial charge in [-0.25, -0.2) is 0 Å². The number of fused-ring (bicyclic) bond motifs is 1. The maximum atomic E-state index is 13.3. The van der Waals surface area contributed by atoms with Crippen LogP contribution in [0.4, 0.5) is 0 Å². The zero-order chi connectivity index (χ0) is 19.4. The third kappa shape index (κ3) is 3.71. The number of hydrogen-bond acceptors (Lipinski definition) is 2. The molecule has 0 unspecified atom stereocenters. The Kier molecular flexibility index (Phi) is 5.27. The Morgan fingerprint density at radius 3 is 1.79 bits per heavy atom. The highest BCUT2D eigenvalue weighted by molar-refractivity contribution is 5.87. The molecule has 0 aliphatic heterocycles. The van der Waals surface area contributed by atoms with Crippen LogP contribution in [-0.2, 0) is 22.4 Å². The first-order valence-corrected chi connectivity index (χ1v) is 9.70. The van der Waals surface area contributed by atoms with Gasteiger partial charge in [0, 0.05) is 26.5 Å². The van der Waals surface area contributed by atoms with Crippen LogP contribution in [0.25, 0.3) is 0 Å². The number of methoxy groups -OCH3 is 1. The van der Waals surface area contributed by atoms with Crippen molar-refractivity contribution in [1.82, 2.24) is 5.32 Å². The number of nitrogens with one attached hydrogen (secondary N) is 1. The summed E-state index contributed by atoms with van der Waals surface area (Å²) in [5.41, 5.74) is 4.22. The molecule has 1 N–H and O–H groups in total. The molecule has 1 aliphatic carbocycles. The quantitative estimate of drug-likeness (QED) is 0.708. The van der Waals surface area contributed by atoms with E-state index in [1.807, 2.05) is 60.7 Å². The number of carbonyl (C=O) groups is 1. The standard InChI is InChI=1S/C25H25NO2/c1-28-25(16-21-14-8-9-15-22(21)17-25)18-26-24(27)23(19-10-4-2-5-11-19)20-12-6-3-7-13-20/h2-15,23H,16-18H2,1H3,(H,26,27). The van der Waals surface area contributed by atoms with Crippen LogP contribution in [0.15, 0.2) is 84.9 Å². The Morgan fingerprint density at radius 2 is 1.32 bits per heavy atom. The molecule has 1 aliphatic rings. The Balaban J connectivity index is 1.54. The molecule has 0 saturated heterocycles. The lowest BCUT2D eigenvalue weighted by molar-refractivity contribution is -0.123. The van der Waals surface area contributed by atoms with E-state index in [0.29, 0.717) is 6.54 Å². The molecule has 0 aromatic heterocycles. The van der Waals surface area contributed by atoms with Crippen molar-refractivity contribution in [2.75, 3.05) is 13.7 Å². The summed E-state index contributed by atoms with van der Waals surface area (Å²) in [5.74, 6) is -0.329. The summed E-state index contributed by atoms with van der Waals surface area (Å²) in [6, 6.07) is 28.3. The lowest BCUT2D eigenvalue weighted by atomic mass is 9.90. The van der Waals surface area contributed by atoms with E-state index in [1.165, 1.54) is 11.1 Å². The zero-order valence-corrected chi connectivity index (χ0v) is 16.1. The van der Waals surface area contributed by atoms with Crippen LogP contribution in [0, 0.1) is 0 Å². The lowest BCUT2D eigenvalue weighted by Crippen LogP contribution is -2.46. The van der Waals surface area contributed by atoms with Crippen molar-refractivity contribution < 1.29 is 9.53 Å². The first kappa shape index (κ1) is 18.5. The van der Waals surface area contributed by atoms with Crippen LogP contribution in [0.5, 0.6) is 0 Å². The average molecular weight is 371 g/mol. The molecule has 0 bridgehead atoms. The summed E-state index contributed by atoms with van der Waals surface area (Å²) in [6.45, 7) is 0.493. The minimum absolute atomic E-state index is 0.00443. The zero-order valence-electron chi connectivity index (χ0n) is 16.1. The smallest absolute Gasteiger partial charge is 0.232 e. The molecule has 3 aromatic carbocycles. The summed E-state index contributed by atoms with van der Waals surface area (Å²) in [7, 11) is 1.74. The van der Waals surface area contributed by atoms with E-state index >= 15 is 0 Å². The van der Waals surface area contributed by atoms with E-state index in [2.05, 4.69) is 29.6 Å². The molecule has 4 rings (SSSR count). The van der Waals surface area contributed by atoms with Gasteiger partial charge in [0.15, 0.2) is 0 Å². The van der Waals surface area contributed by atoms with Gasteiger partial charge in [0.05, 0.1) is 11.5 Å². The van der Waals surface area contributed by atoms with Gasteiger partial charge in [-0.05, 0) is 22.3 Å². The van der Waals surface area contributed by atoms with Crippen molar-refractivity contribution >= 4 is 5.91 Å². The normalized spacial score (nSPS) is 14.6. The molecule has 1 amide bonds. The minimum atomic E-state index is -0.378. The molecule has 0 atom stereocenters. The van der Waals surface area contributed by atoms with E-state index in [0.717, 1.165) is 24.0 Å². The van der Waals surface area contributed by atoms with Gasteiger partial charge < -0.3 is 10.1 Å². The van der Waals surface area contributed by atoms with Crippen LogP contribution >= 0.6 is 0 Å². The van der Waals surface area contributed by atoms with E-state index in [1.54, 1.807) is 7.11 Å². The van der Waals surface area contributed by atoms with Gasteiger partial charge in [0.2, 0.25) is 5.91 Å². The second kappa shape index (κ2) is 7.99. The second-order valence-corrected chi connectivity index (χ2v) is 7.48. The molecular weight excluding hydrogens is 346 g/mol. The second-order valence-electron chi connectivity index (χ2n) is 7.48. The Bertz CT molecular complexity index is 873. The maximum absolute atomic E-state index is 13.3. The van der Waals surface area contributed by atoms with Gasteiger partial charge in [-0.15, -0.1) is 0 Å². The van der Waals surface area contributed by atoms with Crippen molar-refractivity contribution in [3.8, 4) is 0 Å². The van der Waals surface area contributed by atoms with Crippen molar-refractivity contribution in [2.24, 2.45) is 0 Å². The van der Waals surface area contributed by atoms with E-state index in [-0.39, 0.29) is 17.4 Å². The molecule has 3 aromatic rings. The topological polar surface area (TPSA) is 38.3 Å². The number of ether oxygens (including phenoxy) is 1. The van der Waals surface area contributed by atoms with E-state index in [9.17, 15) is 4.79 Å². The molecule has 0 heterocycles. The third-order valence-electron chi connectivity index (χ3n) is 5.69. The van der Waals surface area contributed by atoms with Crippen LogP contribution in [0.1, 0.15) is 28.2 Å². The SMILES string of the molecule is COC1(CNC(=O)C(c2ccccc2)c2ccccc2)Cc2ccccc2C1. The molecule has 3 nitrogen and oxygen atoms in total. The predicted molar refractivity (Wildman–Crippen MR) is 111 cm³/mol. The first-order chi connectivity index (χ1) is 13.7. The molecule has 0 spiro atoms. The van der Waals surface area contributed by atoms with Gasteiger partial charge in [-0.2, -0.15) is 0 Å². The number of rotatable bonds is 6. The highest BCUT2D eigenvalue weighted by atomic mass is 16.5. The van der Waals surface area contributed by atoms with Gasteiger partial charge in [-0.3, -0.25) is 4.79 Å². The molecular formula is C25H25NO2. The van der Waals surface area contributed by atoms with E-state index in [4.69, 9.17) is 4.74 Å². The fourth-order valence-corrected chi connectivity index (χ4v) is 4.14. The van der Waals surface area contributed by atoms with Crippen molar-refractivity contribution in [2.45, 2.75) is 24.4 Å². The highest BCUT2D eigenvalue weighted by Gasteiger charge is 2.38.